The minimum Gasteiger partial charge on any atom is -0.309 e. The highest BCUT2D eigenvalue weighted by molar-refractivity contribution is 6.23. The summed E-state index contributed by atoms with van der Waals surface area (Å²) >= 11 is 0. The van der Waals surface area contributed by atoms with Crippen molar-refractivity contribution in [1.82, 2.24) is 0 Å². The maximum atomic E-state index is 15.7. The van der Waals surface area contributed by atoms with Crippen LogP contribution in [0, 0.1) is 0 Å². The van der Waals surface area contributed by atoms with E-state index in [4.69, 9.17) is 0 Å². The van der Waals surface area contributed by atoms with Crippen molar-refractivity contribution in [3.05, 3.63) is 239 Å². The molecule has 2 saturated carbocycles. The molecule has 2 nitrogen and oxygen atoms in total. The number of benzene rings is 9. The Morgan fingerprint density at radius 2 is 0.533 bits per heavy atom. The van der Waals surface area contributed by atoms with Gasteiger partial charge in [0.25, 0.3) is 0 Å². The summed E-state index contributed by atoms with van der Waals surface area (Å²) in [5.41, 5.74) is -7.00. The smallest absolute Gasteiger partial charge is 0.309 e. The molecule has 0 amide bonds. The molecule has 90 heavy (non-hydrogen) atoms. The van der Waals surface area contributed by atoms with Gasteiger partial charge >= 0.3 is 24.7 Å². The van der Waals surface area contributed by atoms with E-state index in [0.717, 1.165) is 159 Å². The second-order valence-electron chi connectivity index (χ2n) is 26.6. The van der Waals surface area contributed by atoms with Gasteiger partial charge in [-0.2, -0.15) is 52.7 Å². The number of rotatable bonds is 12. The third-order valence-corrected chi connectivity index (χ3v) is 18.9. The third kappa shape index (κ3) is 11.4. The molecule has 0 radical (unpaired) electrons. The third-order valence-electron chi connectivity index (χ3n) is 18.9. The Kier molecular flexibility index (Phi) is 16.9. The van der Waals surface area contributed by atoms with Crippen molar-refractivity contribution in [3.63, 3.8) is 0 Å². The van der Waals surface area contributed by atoms with E-state index in [9.17, 15) is 0 Å². The lowest BCUT2D eigenvalue weighted by atomic mass is 9.73. The molecule has 9 aromatic carbocycles. The molecule has 470 valence electrons. The summed E-state index contributed by atoms with van der Waals surface area (Å²) < 4.78 is 188. The summed E-state index contributed by atoms with van der Waals surface area (Å²) in [5, 5.41) is 2.47. The lowest BCUT2D eigenvalue weighted by Gasteiger charge is -2.39. The minimum absolute atomic E-state index is 0.110. The molecule has 0 heterocycles. The largest absolute Gasteiger partial charge is 0.411 e. The van der Waals surface area contributed by atoms with E-state index in [0.29, 0.717) is 44.3 Å². The van der Waals surface area contributed by atoms with Crippen LogP contribution in [0.2, 0.25) is 0 Å². The number of fused-ring (bicyclic) bond motifs is 2. The molecule has 2 fully saturated rings. The van der Waals surface area contributed by atoms with Crippen LogP contribution in [-0.2, 0) is 21.7 Å². The molecular weight excluding hydrogens is 1170 g/mol. The van der Waals surface area contributed by atoms with Gasteiger partial charge in [0.2, 0.25) is 10.8 Å². The van der Waals surface area contributed by atoms with E-state index in [1.807, 2.05) is 70.5 Å². The lowest BCUT2D eigenvalue weighted by molar-refractivity contribution is -0.290. The van der Waals surface area contributed by atoms with Gasteiger partial charge in [0.1, 0.15) is 0 Å². The summed E-state index contributed by atoms with van der Waals surface area (Å²) in [6.07, 6.45) is -13.8. The van der Waals surface area contributed by atoms with Crippen LogP contribution in [0.25, 0.3) is 21.5 Å². The van der Waals surface area contributed by atoms with Crippen LogP contribution in [0.5, 0.6) is 0 Å². The highest BCUT2D eigenvalue weighted by Crippen LogP contribution is 2.60. The van der Waals surface area contributed by atoms with Crippen LogP contribution in [0.1, 0.15) is 162 Å². The molecule has 11 rings (SSSR count). The predicted molar refractivity (Wildman–Crippen MR) is 339 cm³/mol. The molecule has 0 aliphatic heterocycles. The first-order valence-corrected chi connectivity index (χ1v) is 30.9. The fourth-order valence-corrected chi connectivity index (χ4v) is 14.2. The van der Waals surface area contributed by atoms with Crippen LogP contribution < -0.4 is 9.80 Å². The molecule has 2 aliphatic carbocycles. The molecule has 9 aromatic rings. The predicted octanol–water partition coefficient (Wildman–Crippen LogP) is 24.4. The normalized spacial score (nSPS) is 15.6. The SMILES string of the molecule is CC(C)(C)c1ccc(N(c2ccc(C(c3ccccc3)(C(F)(F)F)C(F)(F)F)cc2)c2c3ccc(C4CCCCC4)cc3c(N(c3ccc(C(C)(C)C)cc3)c3ccc(C(c4ccccc4)(C(F)(F)F)C(F)(F)F)cc3)c3ccc(C4CCCCC4)cc23)cc1. The molecule has 0 unspecified atom stereocenters. The van der Waals surface area contributed by atoms with Gasteiger partial charge in [0, 0.05) is 44.3 Å². The molecule has 0 spiro atoms. The molecule has 0 atom stereocenters. The zero-order valence-corrected chi connectivity index (χ0v) is 51.1. The number of anilines is 6. The summed E-state index contributed by atoms with van der Waals surface area (Å²) in [6, 6.07) is 47.3. The van der Waals surface area contributed by atoms with Crippen LogP contribution in [-0.4, -0.2) is 24.7 Å². The van der Waals surface area contributed by atoms with E-state index >= 15 is 52.7 Å². The standard InChI is InChI=1S/C76H72F12N2/c1-69(2,3)53-29-37-59(38-30-53)89(61-41-33-57(34-42-61)71(73(77,78)79,74(80,81)82)55-23-15-9-16-24-55)67-63-45-27-52(50-21-13-8-14-22-50)48-66(63)68(64-46-28-51(47-65(64)67)49-19-11-7-12-20-49)90(60-39-31-54(32-40-60)70(4,5)6)62-43-35-58(36-44-62)72(75(83,84)85,76(86,87)88)56-25-17-10-18-26-56/h9-10,15-18,23-50H,7-8,11-14,19-22H2,1-6H3. The average Bonchev–Trinajstić information content (AvgIpc) is 0.731. The van der Waals surface area contributed by atoms with Gasteiger partial charge in [-0.25, -0.2) is 0 Å². The maximum Gasteiger partial charge on any atom is 0.411 e. The lowest BCUT2D eigenvalue weighted by Crippen LogP contribution is -2.54. The molecule has 0 N–H and O–H groups in total. The first-order valence-electron chi connectivity index (χ1n) is 30.9. The van der Waals surface area contributed by atoms with Gasteiger partial charge in [-0.05, 0) is 154 Å². The summed E-state index contributed by atoms with van der Waals surface area (Å²) in [7, 11) is 0. The van der Waals surface area contributed by atoms with Gasteiger partial charge < -0.3 is 9.80 Å². The van der Waals surface area contributed by atoms with Crippen molar-refractivity contribution < 1.29 is 52.7 Å². The first-order chi connectivity index (χ1) is 42.5. The Morgan fingerprint density at radius 1 is 0.278 bits per heavy atom. The topological polar surface area (TPSA) is 6.48 Å². The second-order valence-corrected chi connectivity index (χ2v) is 26.6. The number of halogens is 12. The molecular formula is C76H72F12N2. The van der Waals surface area contributed by atoms with E-state index in [1.165, 1.54) is 36.4 Å². The van der Waals surface area contributed by atoms with Crippen molar-refractivity contribution in [1.29, 1.82) is 0 Å². The van der Waals surface area contributed by atoms with Crippen molar-refractivity contribution in [3.8, 4) is 0 Å². The van der Waals surface area contributed by atoms with E-state index in [2.05, 4.69) is 65.8 Å². The van der Waals surface area contributed by atoms with Crippen molar-refractivity contribution in [2.24, 2.45) is 0 Å². The Morgan fingerprint density at radius 3 is 0.789 bits per heavy atom. The summed E-state index contributed by atoms with van der Waals surface area (Å²) in [6.45, 7) is 12.3. The Hall–Kier alpha value is -7.74. The highest BCUT2D eigenvalue weighted by Gasteiger charge is 2.73. The van der Waals surface area contributed by atoms with Crippen molar-refractivity contribution >= 4 is 55.7 Å². The van der Waals surface area contributed by atoms with Gasteiger partial charge in [-0.1, -0.05) is 214 Å². The van der Waals surface area contributed by atoms with Gasteiger partial charge in [0.05, 0.1) is 11.4 Å². The number of hydrogen-bond acceptors (Lipinski definition) is 2. The van der Waals surface area contributed by atoms with E-state index in [1.54, 1.807) is 0 Å². The number of hydrogen-bond donors (Lipinski definition) is 0. The molecule has 0 saturated heterocycles. The van der Waals surface area contributed by atoms with Gasteiger partial charge in [-0.3, -0.25) is 0 Å². The Bertz CT molecular complexity index is 3660. The Labute approximate surface area is 518 Å². The summed E-state index contributed by atoms with van der Waals surface area (Å²) in [4.78, 5) is 3.77. The number of alkyl halides is 12. The van der Waals surface area contributed by atoms with Crippen molar-refractivity contribution in [2.75, 3.05) is 9.80 Å². The minimum atomic E-state index is -5.84. The monoisotopic (exact) mass is 1240 g/mol. The molecule has 2 aliphatic rings. The highest BCUT2D eigenvalue weighted by atomic mass is 19.4. The van der Waals surface area contributed by atoms with Crippen LogP contribution >= 0.6 is 0 Å². The van der Waals surface area contributed by atoms with Crippen LogP contribution in [0.3, 0.4) is 0 Å². The number of nitrogens with zero attached hydrogens (tertiary/aromatic N) is 2. The Balaban J connectivity index is 1.26. The maximum absolute atomic E-state index is 15.7. The average molecular weight is 1240 g/mol. The molecule has 14 heteroatoms. The fourth-order valence-electron chi connectivity index (χ4n) is 14.2. The van der Waals surface area contributed by atoms with E-state index < -0.39 is 57.8 Å². The van der Waals surface area contributed by atoms with Gasteiger partial charge in [0.15, 0.2) is 0 Å². The van der Waals surface area contributed by atoms with E-state index in [-0.39, 0.29) is 34.0 Å². The van der Waals surface area contributed by atoms with Crippen molar-refractivity contribution in [2.45, 2.75) is 164 Å². The zero-order valence-electron chi connectivity index (χ0n) is 51.1. The summed E-state index contributed by atoms with van der Waals surface area (Å²) in [5.74, 6) is 0.221. The molecule has 0 bridgehead atoms. The molecule has 0 aromatic heterocycles. The zero-order chi connectivity index (χ0) is 64.4. The second kappa shape index (κ2) is 23.8. The first kappa shape index (κ1) is 63.8. The fraction of sp³-hybridized carbons (Fsp3) is 0.342. The van der Waals surface area contributed by atoms with Gasteiger partial charge in [-0.15, -0.1) is 0 Å². The van der Waals surface area contributed by atoms with Crippen LogP contribution in [0.15, 0.2) is 194 Å². The van der Waals surface area contributed by atoms with Crippen LogP contribution in [0.4, 0.5) is 86.8 Å². The quantitative estimate of drug-likeness (QED) is 0.0683.